The van der Waals surface area contributed by atoms with Crippen LogP contribution in [0.25, 0.3) is 23.0 Å². The summed E-state index contributed by atoms with van der Waals surface area (Å²) < 4.78 is 7.13. The Kier molecular flexibility index (Phi) is 5.20. The number of amides is 1. The number of rotatable bonds is 6. The van der Waals surface area contributed by atoms with Crippen LogP contribution in [0.4, 0.5) is 5.69 Å². The lowest BCUT2D eigenvalue weighted by Gasteiger charge is -2.10. The van der Waals surface area contributed by atoms with Gasteiger partial charge in [-0.05, 0) is 37.1 Å². The van der Waals surface area contributed by atoms with Crippen molar-refractivity contribution >= 4 is 11.6 Å². The molecule has 0 aliphatic heterocycles. The predicted molar refractivity (Wildman–Crippen MR) is 110 cm³/mol. The maximum Gasteiger partial charge on any atom is 0.258 e. The van der Waals surface area contributed by atoms with Crippen LogP contribution in [0, 0.1) is 6.92 Å². The Labute approximate surface area is 168 Å². The average molecular weight is 387 g/mol. The van der Waals surface area contributed by atoms with Crippen molar-refractivity contribution in [2.24, 2.45) is 0 Å². The summed E-state index contributed by atoms with van der Waals surface area (Å²) in [5.41, 5.74) is 3.35. The maximum atomic E-state index is 12.5. The molecule has 0 aliphatic rings. The predicted octanol–water partition coefficient (Wildman–Crippen LogP) is 4.11. The first-order valence-corrected chi connectivity index (χ1v) is 9.45. The van der Waals surface area contributed by atoms with E-state index >= 15 is 0 Å². The molecule has 0 unspecified atom stereocenters. The van der Waals surface area contributed by atoms with Crippen LogP contribution in [0.3, 0.4) is 0 Å². The summed E-state index contributed by atoms with van der Waals surface area (Å²) in [7, 11) is 0. The minimum Gasteiger partial charge on any atom is -0.334 e. The Morgan fingerprint density at radius 2 is 1.83 bits per heavy atom. The number of hydrogen-bond acceptors (Lipinski definition) is 5. The number of carbonyl (C=O) groups excluding carboxylic acids is 1. The highest BCUT2D eigenvalue weighted by Crippen LogP contribution is 2.22. The van der Waals surface area contributed by atoms with E-state index in [1.165, 1.54) is 0 Å². The molecule has 1 amide bonds. The van der Waals surface area contributed by atoms with Crippen molar-refractivity contribution in [1.82, 2.24) is 19.7 Å². The third kappa shape index (κ3) is 4.08. The van der Waals surface area contributed by atoms with Gasteiger partial charge in [0.2, 0.25) is 11.7 Å². The van der Waals surface area contributed by atoms with E-state index in [4.69, 9.17) is 4.52 Å². The van der Waals surface area contributed by atoms with Crippen LogP contribution in [-0.2, 0) is 17.8 Å². The van der Waals surface area contributed by atoms with Crippen LogP contribution in [0.15, 0.2) is 65.3 Å². The molecular weight excluding hydrogens is 366 g/mol. The van der Waals surface area contributed by atoms with Gasteiger partial charge < -0.3 is 14.4 Å². The number of anilines is 1. The van der Waals surface area contributed by atoms with E-state index in [-0.39, 0.29) is 12.5 Å². The lowest BCUT2D eigenvalue weighted by atomic mass is 10.1. The van der Waals surface area contributed by atoms with E-state index in [1.54, 1.807) is 10.8 Å². The average Bonchev–Trinajstić information content (AvgIpc) is 3.36. The van der Waals surface area contributed by atoms with Crippen molar-refractivity contribution in [1.29, 1.82) is 0 Å². The fourth-order valence-corrected chi connectivity index (χ4v) is 3.10. The number of para-hydroxylation sites is 1. The number of benzene rings is 2. The molecule has 2 aromatic carbocycles. The first-order chi connectivity index (χ1) is 14.1. The summed E-state index contributed by atoms with van der Waals surface area (Å²) >= 11 is 0. The number of hydrogen-bond donors (Lipinski definition) is 1. The molecule has 0 bridgehead atoms. The van der Waals surface area contributed by atoms with E-state index in [1.807, 2.05) is 61.5 Å². The summed E-state index contributed by atoms with van der Waals surface area (Å²) in [5.74, 6) is 1.41. The minimum absolute atomic E-state index is 0.115. The molecule has 2 aromatic heterocycles. The molecule has 1 N–H and O–H groups in total. The third-order valence-electron chi connectivity index (χ3n) is 4.64. The van der Waals surface area contributed by atoms with Crippen molar-refractivity contribution in [2.75, 3.05) is 5.32 Å². The Morgan fingerprint density at radius 3 is 2.62 bits per heavy atom. The molecule has 29 heavy (non-hydrogen) atoms. The van der Waals surface area contributed by atoms with Crippen molar-refractivity contribution in [2.45, 2.75) is 26.8 Å². The lowest BCUT2D eigenvalue weighted by molar-refractivity contribution is -0.116. The molecule has 4 rings (SSSR count). The molecule has 0 aliphatic carbocycles. The van der Waals surface area contributed by atoms with Crippen LogP contribution in [-0.4, -0.2) is 25.6 Å². The van der Waals surface area contributed by atoms with Gasteiger partial charge in [0.1, 0.15) is 18.1 Å². The molecule has 4 aromatic rings. The number of aromatic nitrogens is 4. The molecule has 0 saturated heterocycles. The Hall–Kier alpha value is -3.74. The van der Waals surface area contributed by atoms with Gasteiger partial charge in [-0.15, -0.1) is 0 Å². The third-order valence-corrected chi connectivity index (χ3v) is 4.64. The standard InChI is InChI=1S/C22H21N5O2/c1-3-16-9-7-8-12-18(16)24-20(28)14-27-13-19(23-15(27)2)21-25-22(29-26-21)17-10-5-4-6-11-17/h4-13H,3,14H2,1-2H3,(H,24,28). The second-order valence-corrected chi connectivity index (χ2v) is 6.65. The van der Waals surface area contributed by atoms with Crippen LogP contribution in [0.1, 0.15) is 18.3 Å². The van der Waals surface area contributed by atoms with Gasteiger partial charge in [0.05, 0.1) is 0 Å². The first kappa shape index (κ1) is 18.6. The molecule has 7 heteroatoms. The van der Waals surface area contributed by atoms with Gasteiger partial charge in [0.25, 0.3) is 5.89 Å². The monoisotopic (exact) mass is 387 g/mol. The molecule has 0 saturated carbocycles. The van der Waals surface area contributed by atoms with Crippen LogP contribution in [0.2, 0.25) is 0 Å². The molecule has 0 fully saturated rings. The zero-order chi connectivity index (χ0) is 20.2. The van der Waals surface area contributed by atoms with Crippen molar-refractivity contribution in [3.63, 3.8) is 0 Å². The fraction of sp³-hybridized carbons (Fsp3) is 0.182. The van der Waals surface area contributed by atoms with Gasteiger partial charge in [0, 0.05) is 17.4 Å². The second-order valence-electron chi connectivity index (χ2n) is 6.65. The molecule has 0 spiro atoms. The van der Waals surface area contributed by atoms with E-state index in [2.05, 4.69) is 27.4 Å². The summed E-state index contributed by atoms with van der Waals surface area (Å²) in [6.45, 7) is 4.06. The Bertz CT molecular complexity index is 1130. The summed E-state index contributed by atoms with van der Waals surface area (Å²) in [6.07, 6.45) is 2.62. The minimum atomic E-state index is -0.115. The smallest absolute Gasteiger partial charge is 0.258 e. The van der Waals surface area contributed by atoms with E-state index in [0.29, 0.717) is 23.2 Å². The highest BCUT2D eigenvalue weighted by atomic mass is 16.5. The van der Waals surface area contributed by atoms with E-state index in [9.17, 15) is 4.79 Å². The zero-order valence-electron chi connectivity index (χ0n) is 16.3. The largest absolute Gasteiger partial charge is 0.334 e. The van der Waals surface area contributed by atoms with Crippen LogP contribution < -0.4 is 5.32 Å². The van der Waals surface area contributed by atoms with Gasteiger partial charge in [0.15, 0.2) is 0 Å². The molecule has 2 heterocycles. The number of nitrogens with zero attached hydrogens (tertiary/aromatic N) is 4. The Morgan fingerprint density at radius 1 is 1.07 bits per heavy atom. The fourth-order valence-electron chi connectivity index (χ4n) is 3.10. The van der Waals surface area contributed by atoms with Crippen LogP contribution >= 0.6 is 0 Å². The quantitative estimate of drug-likeness (QED) is 0.538. The number of nitrogens with one attached hydrogen (secondary N) is 1. The zero-order valence-corrected chi connectivity index (χ0v) is 16.3. The molecule has 0 radical (unpaired) electrons. The van der Waals surface area contributed by atoms with Crippen molar-refractivity contribution in [3.8, 4) is 23.0 Å². The Balaban J connectivity index is 1.50. The molecule has 146 valence electrons. The SMILES string of the molecule is CCc1ccccc1NC(=O)Cn1cc(-c2noc(-c3ccccc3)n2)nc1C. The molecule has 7 nitrogen and oxygen atoms in total. The highest BCUT2D eigenvalue weighted by molar-refractivity contribution is 5.91. The highest BCUT2D eigenvalue weighted by Gasteiger charge is 2.16. The normalized spacial score (nSPS) is 10.8. The summed E-state index contributed by atoms with van der Waals surface area (Å²) in [4.78, 5) is 21.4. The molecular formula is C22H21N5O2. The van der Waals surface area contributed by atoms with Gasteiger partial charge in [-0.25, -0.2) is 4.98 Å². The number of carbonyl (C=O) groups is 1. The lowest BCUT2D eigenvalue weighted by Crippen LogP contribution is -2.19. The van der Waals surface area contributed by atoms with Gasteiger partial charge in [-0.1, -0.05) is 48.5 Å². The van der Waals surface area contributed by atoms with Crippen molar-refractivity contribution in [3.05, 3.63) is 72.2 Å². The van der Waals surface area contributed by atoms with Crippen LogP contribution in [0.5, 0.6) is 0 Å². The van der Waals surface area contributed by atoms with E-state index in [0.717, 1.165) is 23.2 Å². The number of imidazole rings is 1. The van der Waals surface area contributed by atoms with Crippen molar-refractivity contribution < 1.29 is 9.32 Å². The van der Waals surface area contributed by atoms with E-state index < -0.39 is 0 Å². The molecule has 0 atom stereocenters. The second kappa shape index (κ2) is 8.10. The maximum absolute atomic E-state index is 12.5. The van der Waals surface area contributed by atoms with Gasteiger partial charge in [-0.2, -0.15) is 4.98 Å². The summed E-state index contributed by atoms with van der Waals surface area (Å²) in [5, 5.41) is 7.00. The number of aryl methyl sites for hydroxylation is 2. The topological polar surface area (TPSA) is 85.8 Å². The summed E-state index contributed by atoms with van der Waals surface area (Å²) in [6, 6.07) is 17.4. The van der Waals surface area contributed by atoms with Gasteiger partial charge >= 0.3 is 0 Å². The first-order valence-electron chi connectivity index (χ1n) is 9.45. The van der Waals surface area contributed by atoms with Gasteiger partial charge in [-0.3, -0.25) is 4.79 Å².